The SMILES string of the molecule is Cc1cscc1C#CF. The largest absolute Gasteiger partial charge is 0.151 e. The lowest BCUT2D eigenvalue weighted by Gasteiger charge is -1.79. The van der Waals surface area contributed by atoms with Crippen molar-refractivity contribution < 1.29 is 4.39 Å². The first-order valence-corrected chi connectivity index (χ1v) is 3.43. The van der Waals surface area contributed by atoms with E-state index in [0.29, 0.717) is 0 Å². The molecule has 0 unspecified atom stereocenters. The van der Waals surface area contributed by atoms with Gasteiger partial charge in [-0.2, -0.15) is 11.3 Å². The standard InChI is InChI=1S/C7H5FS/c1-6-4-9-5-7(6)2-3-8/h4-5H,1H3. The molecule has 0 atom stereocenters. The van der Waals surface area contributed by atoms with Crippen LogP contribution < -0.4 is 0 Å². The Balaban J connectivity index is 3.03. The zero-order valence-corrected chi connectivity index (χ0v) is 5.76. The Hall–Kier alpha value is -0.810. The van der Waals surface area contributed by atoms with Crippen molar-refractivity contribution in [2.75, 3.05) is 0 Å². The van der Waals surface area contributed by atoms with Gasteiger partial charge in [-0.3, -0.25) is 0 Å². The zero-order valence-electron chi connectivity index (χ0n) is 4.94. The summed E-state index contributed by atoms with van der Waals surface area (Å²) in [5, 5.41) is 3.78. The van der Waals surface area contributed by atoms with E-state index in [4.69, 9.17) is 0 Å². The summed E-state index contributed by atoms with van der Waals surface area (Å²) in [5.74, 6) is 2.35. The van der Waals surface area contributed by atoms with Crippen LogP contribution in [0, 0.1) is 19.0 Å². The van der Waals surface area contributed by atoms with Crippen LogP contribution >= 0.6 is 11.3 Å². The molecule has 9 heavy (non-hydrogen) atoms. The van der Waals surface area contributed by atoms with Gasteiger partial charge in [-0.05, 0) is 23.8 Å². The Morgan fingerprint density at radius 1 is 1.56 bits per heavy atom. The molecule has 1 aromatic heterocycles. The normalized spacial score (nSPS) is 8.22. The summed E-state index contributed by atoms with van der Waals surface area (Å²) < 4.78 is 11.4. The maximum atomic E-state index is 11.4. The lowest BCUT2D eigenvalue weighted by atomic mass is 10.2. The first kappa shape index (κ1) is 6.31. The van der Waals surface area contributed by atoms with Crippen molar-refractivity contribution in [3.8, 4) is 12.1 Å². The highest BCUT2D eigenvalue weighted by atomic mass is 32.1. The highest BCUT2D eigenvalue weighted by molar-refractivity contribution is 7.08. The minimum atomic E-state index is 0.794. The Morgan fingerprint density at radius 2 is 2.33 bits per heavy atom. The molecule has 1 heterocycles. The van der Waals surface area contributed by atoms with Crippen molar-refractivity contribution in [3.05, 3.63) is 21.9 Å². The number of hydrogen-bond acceptors (Lipinski definition) is 1. The van der Waals surface area contributed by atoms with Crippen LogP contribution in [0.4, 0.5) is 4.39 Å². The summed E-state index contributed by atoms with van der Waals surface area (Å²) in [6, 6.07) is 0. The van der Waals surface area contributed by atoms with Gasteiger partial charge in [-0.1, -0.05) is 0 Å². The summed E-state index contributed by atoms with van der Waals surface area (Å²) in [6.45, 7) is 1.91. The maximum absolute atomic E-state index is 11.4. The molecule has 0 aliphatic rings. The van der Waals surface area contributed by atoms with E-state index in [0.717, 1.165) is 11.1 Å². The molecule has 0 saturated heterocycles. The summed E-state index contributed by atoms with van der Waals surface area (Å²) in [6.07, 6.45) is 1.37. The van der Waals surface area contributed by atoms with E-state index in [2.05, 4.69) is 5.92 Å². The van der Waals surface area contributed by atoms with Crippen LogP contribution in [0.5, 0.6) is 0 Å². The van der Waals surface area contributed by atoms with Crippen LogP contribution in [0.1, 0.15) is 11.1 Å². The number of rotatable bonds is 0. The predicted octanol–water partition coefficient (Wildman–Crippen LogP) is 2.34. The fourth-order valence-electron chi connectivity index (χ4n) is 0.540. The Kier molecular flexibility index (Phi) is 1.86. The fraction of sp³-hybridized carbons (Fsp3) is 0.143. The van der Waals surface area contributed by atoms with E-state index >= 15 is 0 Å². The van der Waals surface area contributed by atoms with Gasteiger partial charge in [0.1, 0.15) is 6.17 Å². The average Bonchev–Trinajstić information content (AvgIpc) is 2.18. The molecule has 0 fully saturated rings. The number of hydrogen-bond donors (Lipinski definition) is 0. The zero-order chi connectivity index (χ0) is 6.69. The van der Waals surface area contributed by atoms with Gasteiger partial charge < -0.3 is 0 Å². The molecule has 0 N–H and O–H groups in total. The van der Waals surface area contributed by atoms with Crippen LogP contribution in [0.2, 0.25) is 0 Å². The fourth-order valence-corrected chi connectivity index (χ4v) is 1.32. The van der Waals surface area contributed by atoms with Gasteiger partial charge in [0.2, 0.25) is 0 Å². The first-order chi connectivity index (χ1) is 4.34. The van der Waals surface area contributed by atoms with E-state index in [-0.39, 0.29) is 0 Å². The van der Waals surface area contributed by atoms with Gasteiger partial charge in [0.25, 0.3) is 0 Å². The molecule has 46 valence electrons. The lowest BCUT2D eigenvalue weighted by Crippen LogP contribution is -1.68. The van der Waals surface area contributed by atoms with Crippen LogP contribution in [-0.4, -0.2) is 0 Å². The molecule has 0 bridgehead atoms. The quantitative estimate of drug-likeness (QED) is 0.485. The van der Waals surface area contributed by atoms with Gasteiger partial charge in [-0.15, -0.1) is 4.39 Å². The molecule has 2 heteroatoms. The molecular formula is C7H5FS. The third kappa shape index (κ3) is 1.30. The molecule has 0 spiro atoms. The van der Waals surface area contributed by atoms with E-state index in [1.165, 1.54) is 17.5 Å². The number of thiophene rings is 1. The maximum Gasteiger partial charge on any atom is 0.111 e. The number of aryl methyl sites for hydroxylation is 1. The van der Waals surface area contributed by atoms with Crippen LogP contribution in [0.15, 0.2) is 10.8 Å². The first-order valence-electron chi connectivity index (χ1n) is 2.49. The summed E-state index contributed by atoms with van der Waals surface area (Å²) in [4.78, 5) is 0. The van der Waals surface area contributed by atoms with Crippen molar-refractivity contribution >= 4 is 11.3 Å². The molecule has 0 radical (unpaired) electrons. The van der Waals surface area contributed by atoms with Crippen molar-refractivity contribution in [1.82, 2.24) is 0 Å². The van der Waals surface area contributed by atoms with Crippen molar-refractivity contribution in [3.63, 3.8) is 0 Å². The van der Waals surface area contributed by atoms with Crippen LogP contribution in [0.25, 0.3) is 0 Å². The summed E-state index contributed by atoms with van der Waals surface area (Å²) in [5.41, 5.74) is 1.84. The second-order valence-electron chi connectivity index (χ2n) is 1.69. The second-order valence-corrected chi connectivity index (χ2v) is 2.43. The molecule has 0 saturated carbocycles. The Morgan fingerprint density at radius 3 is 2.78 bits per heavy atom. The minimum Gasteiger partial charge on any atom is -0.151 e. The molecule has 1 aromatic rings. The summed E-state index contributed by atoms with van der Waals surface area (Å²) >= 11 is 1.54. The molecule has 0 amide bonds. The minimum absolute atomic E-state index is 0.794. The molecule has 0 aromatic carbocycles. The van der Waals surface area contributed by atoms with E-state index in [9.17, 15) is 4.39 Å². The van der Waals surface area contributed by atoms with Gasteiger partial charge in [0, 0.05) is 10.9 Å². The number of halogens is 1. The topological polar surface area (TPSA) is 0 Å². The third-order valence-electron chi connectivity index (χ3n) is 1.04. The molecule has 0 aliphatic heterocycles. The Labute approximate surface area is 57.3 Å². The Bertz CT molecular complexity index is 251. The highest BCUT2D eigenvalue weighted by Crippen LogP contribution is 2.11. The van der Waals surface area contributed by atoms with Gasteiger partial charge in [-0.25, -0.2) is 0 Å². The third-order valence-corrected chi connectivity index (χ3v) is 1.90. The highest BCUT2D eigenvalue weighted by Gasteiger charge is 1.91. The lowest BCUT2D eigenvalue weighted by molar-refractivity contribution is 0.773. The van der Waals surface area contributed by atoms with E-state index in [1.807, 2.05) is 17.7 Å². The van der Waals surface area contributed by atoms with Crippen LogP contribution in [0.3, 0.4) is 0 Å². The molecule has 0 aliphatic carbocycles. The molecule has 0 nitrogen and oxygen atoms in total. The summed E-state index contributed by atoms with van der Waals surface area (Å²) in [7, 11) is 0. The van der Waals surface area contributed by atoms with E-state index in [1.54, 1.807) is 0 Å². The predicted molar refractivity (Wildman–Crippen MR) is 37.0 cm³/mol. The molecular weight excluding hydrogens is 135 g/mol. The van der Waals surface area contributed by atoms with Gasteiger partial charge in [0.05, 0.1) is 0 Å². The second kappa shape index (κ2) is 2.65. The average molecular weight is 140 g/mol. The monoisotopic (exact) mass is 140 g/mol. The van der Waals surface area contributed by atoms with Crippen molar-refractivity contribution in [2.24, 2.45) is 0 Å². The van der Waals surface area contributed by atoms with Crippen molar-refractivity contribution in [2.45, 2.75) is 6.92 Å². The van der Waals surface area contributed by atoms with Crippen molar-refractivity contribution in [1.29, 1.82) is 0 Å². The van der Waals surface area contributed by atoms with Crippen LogP contribution in [-0.2, 0) is 0 Å². The molecule has 1 rings (SSSR count). The smallest absolute Gasteiger partial charge is 0.111 e. The van der Waals surface area contributed by atoms with Gasteiger partial charge in [0.15, 0.2) is 0 Å². The van der Waals surface area contributed by atoms with E-state index < -0.39 is 0 Å². The van der Waals surface area contributed by atoms with Gasteiger partial charge >= 0.3 is 0 Å².